The van der Waals surface area contributed by atoms with Crippen molar-refractivity contribution in [3.05, 3.63) is 52.2 Å². The van der Waals surface area contributed by atoms with E-state index in [1.54, 1.807) is 23.0 Å². The highest BCUT2D eigenvalue weighted by molar-refractivity contribution is 7.10. The highest BCUT2D eigenvalue weighted by Crippen LogP contribution is 2.30. The van der Waals surface area contributed by atoms with Crippen LogP contribution < -0.4 is 15.4 Å². The molecule has 4 atom stereocenters. The van der Waals surface area contributed by atoms with Crippen molar-refractivity contribution in [2.24, 2.45) is 0 Å². The molecule has 0 radical (unpaired) electrons. The van der Waals surface area contributed by atoms with Crippen molar-refractivity contribution in [2.45, 2.75) is 49.9 Å². The number of carbonyl (C=O) groups is 4. The van der Waals surface area contributed by atoms with E-state index in [1.807, 2.05) is 35.7 Å². The largest absolute Gasteiger partial charge is 0.496 e. The minimum atomic E-state index is -0.709. The molecule has 35 heavy (non-hydrogen) atoms. The van der Waals surface area contributed by atoms with Crippen LogP contribution in [-0.2, 0) is 32.0 Å². The van der Waals surface area contributed by atoms with Gasteiger partial charge in [0.1, 0.15) is 17.8 Å². The third kappa shape index (κ3) is 4.62. The number of hydrogen-bond acceptors (Lipinski definition) is 6. The summed E-state index contributed by atoms with van der Waals surface area (Å²) in [5.74, 6) is -0.118. The molecule has 0 bridgehead atoms. The minimum absolute atomic E-state index is 0.109. The Bertz CT molecular complexity index is 1140. The fraction of sp³-hybridized carbons (Fsp3) is 0.440. The maximum absolute atomic E-state index is 13.6. The topological polar surface area (TPSA) is 108 Å². The fourth-order valence-corrected chi connectivity index (χ4v) is 6.07. The van der Waals surface area contributed by atoms with Gasteiger partial charge in [-0.3, -0.25) is 19.2 Å². The Morgan fingerprint density at radius 1 is 1.17 bits per heavy atom. The van der Waals surface area contributed by atoms with Crippen LogP contribution >= 0.6 is 11.3 Å². The zero-order chi connectivity index (χ0) is 24.5. The van der Waals surface area contributed by atoms with Crippen molar-refractivity contribution >= 4 is 35.0 Å². The first kappa shape index (κ1) is 23.3. The predicted octanol–water partition coefficient (Wildman–Crippen LogP) is 0.727. The van der Waals surface area contributed by atoms with Gasteiger partial charge in [-0.1, -0.05) is 24.3 Å². The van der Waals surface area contributed by atoms with Gasteiger partial charge in [0.25, 0.3) is 0 Å². The first-order chi connectivity index (χ1) is 16.9. The van der Waals surface area contributed by atoms with E-state index in [0.29, 0.717) is 25.1 Å². The molecule has 3 saturated heterocycles. The summed E-state index contributed by atoms with van der Waals surface area (Å²) in [6.07, 6.45) is 1.28. The number of likely N-dealkylation sites (tertiary alicyclic amines) is 1. The second kappa shape index (κ2) is 9.69. The number of rotatable bonds is 6. The summed E-state index contributed by atoms with van der Waals surface area (Å²) in [7, 11) is 1.56. The summed E-state index contributed by atoms with van der Waals surface area (Å²) < 4.78 is 5.32. The first-order valence-corrected chi connectivity index (χ1v) is 12.7. The molecule has 4 amide bonds. The molecule has 0 aliphatic carbocycles. The fourth-order valence-electron chi connectivity index (χ4n) is 5.37. The number of para-hydroxylation sites is 1. The Hall–Kier alpha value is -3.40. The van der Waals surface area contributed by atoms with E-state index in [4.69, 9.17) is 4.74 Å². The predicted molar refractivity (Wildman–Crippen MR) is 129 cm³/mol. The van der Waals surface area contributed by atoms with Crippen LogP contribution in [0.5, 0.6) is 5.75 Å². The van der Waals surface area contributed by atoms with Crippen molar-refractivity contribution in [2.75, 3.05) is 20.2 Å². The summed E-state index contributed by atoms with van der Waals surface area (Å²) in [6.45, 7) is 0.675. The molecule has 3 fully saturated rings. The smallest absolute Gasteiger partial charge is 0.248 e. The normalized spacial score (nSPS) is 25.5. The lowest BCUT2D eigenvalue weighted by molar-refractivity contribution is -0.144. The second-order valence-corrected chi connectivity index (χ2v) is 10.2. The van der Waals surface area contributed by atoms with E-state index < -0.39 is 12.1 Å². The summed E-state index contributed by atoms with van der Waals surface area (Å²) in [5, 5.41) is 7.89. The molecule has 1 aromatic heterocycles. The number of benzene rings is 1. The molecule has 2 aromatic rings. The van der Waals surface area contributed by atoms with Gasteiger partial charge in [-0.15, -0.1) is 11.3 Å². The lowest BCUT2D eigenvalue weighted by atomic mass is 10.1. The lowest BCUT2D eigenvalue weighted by Gasteiger charge is -2.29. The molecule has 3 aliphatic rings. The first-order valence-electron chi connectivity index (χ1n) is 11.8. The summed E-state index contributed by atoms with van der Waals surface area (Å²) >= 11 is 1.51. The molecule has 184 valence electrons. The Balaban J connectivity index is 1.26. The van der Waals surface area contributed by atoms with Gasteiger partial charge in [0.05, 0.1) is 26.0 Å². The van der Waals surface area contributed by atoms with Crippen molar-refractivity contribution in [3.63, 3.8) is 0 Å². The molecule has 1 aromatic carbocycles. The standard InChI is InChI=1S/C25H28N4O5S/c1-34-20-7-3-2-5-15(20)11-21(30)26-16-12-19-24(32)27-18-8-9-28(23(18)25(33)29(19)14-16)22(31)13-17-6-4-10-35-17/h2-7,10,16,18-19,23H,8-9,11-14H2,1H3,(H,26,30)(H,27,32). The van der Waals surface area contributed by atoms with Gasteiger partial charge in [-0.2, -0.15) is 0 Å². The molecule has 0 spiro atoms. The molecular weight excluding hydrogens is 468 g/mol. The molecule has 10 heteroatoms. The van der Waals surface area contributed by atoms with Gasteiger partial charge in [0, 0.05) is 29.6 Å². The van der Waals surface area contributed by atoms with Gasteiger partial charge in [-0.25, -0.2) is 0 Å². The van der Waals surface area contributed by atoms with E-state index in [9.17, 15) is 19.2 Å². The number of thiophene rings is 1. The molecule has 3 aliphatic heterocycles. The average molecular weight is 497 g/mol. The third-order valence-corrected chi connectivity index (χ3v) is 7.88. The van der Waals surface area contributed by atoms with Gasteiger partial charge >= 0.3 is 0 Å². The SMILES string of the molecule is COc1ccccc1CC(=O)NC1CC2C(=O)NC3CCN(C(=O)Cc4cccs4)C3C(=O)N2C1. The van der Waals surface area contributed by atoms with Crippen molar-refractivity contribution in [1.29, 1.82) is 0 Å². The minimum Gasteiger partial charge on any atom is -0.496 e. The van der Waals surface area contributed by atoms with Gasteiger partial charge in [0.2, 0.25) is 23.6 Å². The molecule has 9 nitrogen and oxygen atoms in total. The summed E-state index contributed by atoms with van der Waals surface area (Å²) in [6, 6.07) is 9.03. The molecule has 5 rings (SSSR count). The van der Waals surface area contributed by atoms with E-state index in [-0.39, 0.29) is 55.1 Å². The molecule has 4 heterocycles. The van der Waals surface area contributed by atoms with Gasteiger partial charge in [0.15, 0.2) is 0 Å². The van der Waals surface area contributed by atoms with E-state index >= 15 is 0 Å². The number of ether oxygens (including phenoxy) is 1. The van der Waals surface area contributed by atoms with Crippen molar-refractivity contribution in [1.82, 2.24) is 20.4 Å². The van der Waals surface area contributed by atoms with Crippen LogP contribution in [0.1, 0.15) is 23.3 Å². The Labute approximate surface area is 207 Å². The molecule has 0 saturated carbocycles. The van der Waals surface area contributed by atoms with Crippen LogP contribution in [-0.4, -0.2) is 77.8 Å². The van der Waals surface area contributed by atoms with Crippen LogP contribution in [0, 0.1) is 0 Å². The number of amides is 4. The van der Waals surface area contributed by atoms with E-state index in [0.717, 1.165) is 10.4 Å². The highest BCUT2D eigenvalue weighted by atomic mass is 32.1. The Morgan fingerprint density at radius 3 is 2.77 bits per heavy atom. The number of methoxy groups -OCH3 is 1. The van der Waals surface area contributed by atoms with Crippen LogP contribution in [0.25, 0.3) is 0 Å². The Kier molecular flexibility index (Phi) is 6.46. The zero-order valence-corrected chi connectivity index (χ0v) is 20.3. The third-order valence-electron chi connectivity index (χ3n) is 7.00. The maximum Gasteiger partial charge on any atom is 0.248 e. The van der Waals surface area contributed by atoms with Crippen LogP contribution in [0.4, 0.5) is 0 Å². The zero-order valence-electron chi connectivity index (χ0n) is 19.4. The van der Waals surface area contributed by atoms with E-state index in [2.05, 4.69) is 10.6 Å². The van der Waals surface area contributed by atoms with E-state index in [1.165, 1.54) is 11.3 Å². The van der Waals surface area contributed by atoms with Crippen molar-refractivity contribution in [3.8, 4) is 5.75 Å². The highest BCUT2D eigenvalue weighted by Gasteiger charge is 2.52. The number of carbonyl (C=O) groups excluding carboxylic acids is 4. The van der Waals surface area contributed by atoms with Crippen LogP contribution in [0.15, 0.2) is 41.8 Å². The number of hydrogen-bond donors (Lipinski definition) is 2. The molecular formula is C25H28N4O5S. The summed E-state index contributed by atoms with van der Waals surface area (Å²) in [5.41, 5.74) is 0.766. The number of nitrogens with one attached hydrogen (secondary N) is 2. The van der Waals surface area contributed by atoms with Gasteiger partial charge in [-0.05, 0) is 30.4 Å². The lowest BCUT2D eigenvalue weighted by Crippen LogP contribution is -2.53. The van der Waals surface area contributed by atoms with Crippen molar-refractivity contribution < 1.29 is 23.9 Å². The monoisotopic (exact) mass is 496 g/mol. The van der Waals surface area contributed by atoms with Crippen LogP contribution in [0.3, 0.4) is 0 Å². The van der Waals surface area contributed by atoms with Crippen LogP contribution in [0.2, 0.25) is 0 Å². The van der Waals surface area contributed by atoms with Gasteiger partial charge < -0.3 is 25.2 Å². The molecule has 4 unspecified atom stereocenters. The average Bonchev–Trinajstić information content (AvgIpc) is 3.58. The number of fused-ring (bicyclic) bond motifs is 2. The number of nitrogens with zero attached hydrogens (tertiary/aromatic N) is 2. The summed E-state index contributed by atoms with van der Waals surface area (Å²) in [4.78, 5) is 56.4. The maximum atomic E-state index is 13.6. The quantitative estimate of drug-likeness (QED) is 0.613. The second-order valence-electron chi connectivity index (χ2n) is 9.19. The Morgan fingerprint density at radius 2 is 2.00 bits per heavy atom. The molecule has 2 N–H and O–H groups in total.